The van der Waals surface area contributed by atoms with Crippen molar-refractivity contribution in [3.63, 3.8) is 0 Å². The Balaban J connectivity index is 1.92. The van der Waals surface area contributed by atoms with Gasteiger partial charge in [0.05, 0.1) is 50.3 Å². The molecule has 7 heteroatoms. The Morgan fingerprint density at radius 2 is 1.71 bits per heavy atom. The molecule has 0 aliphatic heterocycles. The molecule has 1 heterocycles. The normalized spacial score (nSPS) is 11.8. The monoisotopic (exact) mass is 293 g/mol. The molecule has 21 heavy (non-hydrogen) atoms. The zero-order valence-corrected chi connectivity index (χ0v) is 11.6. The molecule has 7 nitrogen and oxygen atoms in total. The number of para-hydroxylation sites is 1. The van der Waals surface area contributed by atoms with Crippen LogP contribution in [0.1, 0.15) is 5.69 Å². The number of nitrogens with zero attached hydrogens (tertiary/aromatic N) is 3. The number of aliphatic hydroxyl groups excluding tert-OH is 3. The summed E-state index contributed by atoms with van der Waals surface area (Å²) in [5, 5.41) is 35.6. The molecule has 0 fully saturated rings. The molecule has 0 amide bonds. The molecule has 3 N–H and O–H groups in total. The van der Waals surface area contributed by atoms with Gasteiger partial charge < -0.3 is 20.1 Å². The third kappa shape index (κ3) is 3.85. The average molecular weight is 293 g/mol. The second-order valence-electron chi connectivity index (χ2n) is 4.96. The summed E-state index contributed by atoms with van der Waals surface area (Å²) in [4.78, 5) is 0. The van der Waals surface area contributed by atoms with Crippen LogP contribution in [0.2, 0.25) is 0 Å². The van der Waals surface area contributed by atoms with Gasteiger partial charge in [0, 0.05) is 0 Å². The van der Waals surface area contributed by atoms with E-state index >= 15 is 0 Å². The van der Waals surface area contributed by atoms with Crippen LogP contribution in [0.15, 0.2) is 36.5 Å². The second kappa shape index (κ2) is 7.28. The first kappa shape index (κ1) is 15.6. The van der Waals surface area contributed by atoms with Crippen LogP contribution in [-0.2, 0) is 11.3 Å². The predicted octanol–water partition coefficient (Wildman–Crippen LogP) is -0.253. The summed E-state index contributed by atoms with van der Waals surface area (Å²) in [6, 6.07) is 9.56. The number of aromatic nitrogens is 3. The van der Waals surface area contributed by atoms with Gasteiger partial charge in [-0.05, 0) is 12.1 Å². The molecule has 2 aromatic rings. The zero-order chi connectivity index (χ0) is 15.1. The van der Waals surface area contributed by atoms with Crippen molar-refractivity contribution in [1.29, 1.82) is 0 Å². The Morgan fingerprint density at radius 1 is 1.05 bits per heavy atom. The lowest BCUT2D eigenvalue weighted by Gasteiger charge is -2.26. The Morgan fingerprint density at radius 3 is 2.33 bits per heavy atom. The number of hydrogen-bond donors (Lipinski definition) is 3. The van der Waals surface area contributed by atoms with Gasteiger partial charge in [0.25, 0.3) is 0 Å². The summed E-state index contributed by atoms with van der Waals surface area (Å²) in [6.07, 6.45) is 1.74. The van der Waals surface area contributed by atoms with E-state index in [9.17, 15) is 15.3 Å². The minimum Gasteiger partial charge on any atom is -0.396 e. The minimum absolute atomic E-state index is 0.0364. The van der Waals surface area contributed by atoms with Crippen molar-refractivity contribution in [2.45, 2.75) is 6.61 Å². The zero-order valence-electron chi connectivity index (χ0n) is 11.6. The highest BCUT2D eigenvalue weighted by molar-refractivity contribution is 5.29. The van der Waals surface area contributed by atoms with Gasteiger partial charge in [-0.2, -0.15) is 0 Å². The molecule has 0 aliphatic carbocycles. The summed E-state index contributed by atoms with van der Waals surface area (Å²) >= 11 is 0. The minimum atomic E-state index is -1.03. The van der Waals surface area contributed by atoms with E-state index in [1.807, 2.05) is 30.3 Å². The van der Waals surface area contributed by atoms with Gasteiger partial charge >= 0.3 is 0 Å². The fraction of sp³-hybridized carbons (Fsp3) is 0.429. The predicted molar refractivity (Wildman–Crippen MR) is 74.7 cm³/mol. The van der Waals surface area contributed by atoms with Crippen LogP contribution < -0.4 is 0 Å². The van der Waals surface area contributed by atoms with E-state index in [1.165, 1.54) is 0 Å². The van der Waals surface area contributed by atoms with E-state index < -0.39 is 5.41 Å². The molecule has 0 saturated carbocycles. The first-order valence-electron chi connectivity index (χ1n) is 6.60. The molecule has 0 unspecified atom stereocenters. The lowest BCUT2D eigenvalue weighted by Crippen LogP contribution is -2.38. The van der Waals surface area contributed by atoms with Crippen molar-refractivity contribution in [3.05, 3.63) is 42.2 Å². The number of ether oxygens (including phenoxy) is 1. The summed E-state index contributed by atoms with van der Waals surface area (Å²) in [6.45, 7) is -0.826. The van der Waals surface area contributed by atoms with Gasteiger partial charge in [0.2, 0.25) is 0 Å². The van der Waals surface area contributed by atoms with Crippen LogP contribution in [0.3, 0.4) is 0 Å². The maximum Gasteiger partial charge on any atom is 0.109 e. The van der Waals surface area contributed by atoms with Crippen molar-refractivity contribution >= 4 is 0 Å². The van der Waals surface area contributed by atoms with Crippen molar-refractivity contribution < 1.29 is 20.1 Å². The van der Waals surface area contributed by atoms with Crippen LogP contribution >= 0.6 is 0 Å². The van der Waals surface area contributed by atoms with Crippen LogP contribution in [0.4, 0.5) is 0 Å². The summed E-state index contributed by atoms with van der Waals surface area (Å²) in [5.41, 5.74) is 0.489. The Hall–Kier alpha value is -1.80. The topological polar surface area (TPSA) is 101 Å². The van der Waals surface area contributed by atoms with Gasteiger partial charge in [-0.25, -0.2) is 4.68 Å². The lowest BCUT2D eigenvalue weighted by atomic mass is 9.93. The van der Waals surface area contributed by atoms with Crippen LogP contribution in [0.5, 0.6) is 0 Å². The number of aliphatic hydroxyl groups is 3. The largest absolute Gasteiger partial charge is 0.396 e. The molecular weight excluding hydrogens is 274 g/mol. The fourth-order valence-electron chi connectivity index (χ4n) is 1.73. The van der Waals surface area contributed by atoms with Gasteiger partial charge in [-0.15, -0.1) is 5.10 Å². The van der Waals surface area contributed by atoms with Gasteiger partial charge in [-0.1, -0.05) is 23.4 Å². The molecule has 0 aliphatic rings. The number of rotatable bonds is 8. The van der Waals surface area contributed by atoms with Crippen LogP contribution in [-0.4, -0.2) is 56.7 Å². The smallest absolute Gasteiger partial charge is 0.109 e. The molecule has 1 aromatic heterocycles. The van der Waals surface area contributed by atoms with E-state index in [0.29, 0.717) is 5.69 Å². The third-order valence-electron chi connectivity index (χ3n) is 3.23. The van der Waals surface area contributed by atoms with E-state index in [0.717, 1.165) is 5.69 Å². The van der Waals surface area contributed by atoms with Crippen molar-refractivity contribution in [3.8, 4) is 5.69 Å². The highest BCUT2D eigenvalue weighted by Gasteiger charge is 2.28. The standard InChI is InChI=1S/C14H19N3O4/c18-8-14(9-19,10-20)11-21-7-12-6-17(16-15-12)13-4-2-1-3-5-13/h1-6,18-20H,7-11H2. The van der Waals surface area contributed by atoms with Crippen LogP contribution in [0.25, 0.3) is 5.69 Å². The number of hydrogen-bond acceptors (Lipinski definition) is 6. The summed E-state index contributed by atoms with van der Waals surface area (Å²) < 4.78 is 7.05. The van der Waals surface area contributed by atoms with Crippen molar-refractivity contribution in [2.24, 2.45) is 5.41 Å². The highest BCUT2D eigenvalue weighted by atomic mass is 16.5. The Bertz CT molecular complexity index is 532. The van der Waals surface area contributed by atoms with Crippen molar-refractivity contribution in [2.75, 3.05) is 26.4 Å². The van der Waals surface area contributed by atoms with Crippen LogP contribution in [0, 0.1) is 5.41 Å². The maximum absolute atomic E-state index is 9.19. The SMILES string of the molecule is OCC(CO)(CO)COCc1cn(-c2ccccc2)nn1. The molecule has 0 saturated heterocycles. The summed E-state index contributed by atoms with van der Waals surface area (Å²) in [5.74, 6) is 0. The first-order valence-corrected chi connectivity index (χ1v) is 6.60. The van der Waals surface area contributed by atoms with Gasteiger partial charge in [-0.3, -0.25) is 0 Å². The summed E-state index contributed by atoms with van der Waals surface area (Å²) in [7, 11) is 0. The molecule has 0 bridgehead atoms. The quantitative estimate of drug-likeness (QED) is 0.620. The Labute approximate surface area is 122 Å². The van der Waals surface area contributed by atoms with Gasteiger partial charge in [0.15, 0.2) is 0 Å². The average Bonchev–Trinajstić information content (AvgIpc) is 3.02. The molecule has 114 valence electrons. The van der Waals surface area contributed by atoms with E-state index in [4.69, 9.17) is 4.74 Å². The lowest BCUT2D eigenvalue weighted by molar-refractivity contribution is -0.0626. The first-order chi connectivity index (χ1) is 10.2. The van der Waals surface area contributed by atoms with E-state index in [-0.39, 0.29) is 33.0 Å². The highest BCUT2D eigenvalue weighted by Crippen LogP contribution is 2.16. The number of benzene rings is 1. The molecule has 1 aromatic carbocycles. The molecular formula is C14H19N3O4. The molecule has 2 rings (SSSR count). The molecule has 0 spiro atoms. The molecule has 0 atom stereocenters. The second-order valence-corrected chi connectivity index (χ2v) is 4.96. The van der Waals surface area contributed by atoms with E-state index in [2.05, 4.69) is 10.3 Å². The maximum atomic E-state index is 9.19. The Kier molecular flexibility index (Phi) is 5.40. The fourth-order valence-corrected chi connectivity index (χ4v) is 1.73. The third-order valence-corrected chi connectivity index (χ3v) is 3.23. The van der Waals surface area contributed by atoms with Gasteiger partial charge in [0.1, 0.15) is 5.69 Å². The molecule has 0 radical (unpaired) electrons. The van der Waals surface area contributed by atoms with E-state index in [1.54, 1.807) is 10.9 Å². The van der Waals surface area contributed by atoms with Crippen molar-refractivity contribution in [1.82, 2.24) is 15.0 Å².